The molecule has 0 radical (unpaired) electrons. The van der Waals surface area contributed by atoms with Gasteiger partial charge >= 0.3 is 0 Å². The van der Waals surface area contributed by atoms with Crippen LogP contribution < -0.4 is 0 Å². The summed E-state index contributed by atoms with van der Waals surface area (Å²) >= 11 is 0. The lowest BCUT2D eigenvalue weighted by Gasteiger charge is -2.11. The highest BCUT2D eigenvalue weighted by Gasteiger charge is 2.08. The maximum absolute atomic E-state index is 2.25. The zero-order chi connectivity index (χ0) is 13.4. The van der Waals surface area contributed by atoms with Gasteiger partial charge in [-0.3, -0.25) is 0 Å². The normalized spacial score (nSPS) is 10.9. The monoisotopic (exact) mass is 246 g/mol. The fraction of sp³-hybridized carbons (Fsp3) is 0.158. The second-order valence-electron chi connectivity index (χ2n) is 4.74. The smallest absolute Gasteiger partial charge is 0.00241 e. The minimum absolute atomic E-state index is 1.34. The van der Waals surface area contributed by atoms with Gasteiger partial charge in [-0.15, -0.1) is 0 Å². The number of rotatable bonds is 0. The van der Waals surface area contributed by atoms with E-state index in [2.05, 4.69) is 61.5 Å². The molecule has 0 bridgehead atoms. The van der Waals surface area contributed by atoms with Gasteiger partial charge in [0.25, 0.3) is 0 Å². The van der Waals surface area contributed by atoms with Crippen molar-refractivity contribution in [2.45, 2.75) is 20.8 Å². The first-order valence-corrected chi connectivity index (χ1v) is 6.98. The lowest BCUT2D eigenvalue weighted by molar-refractivity contribution is 1.50. The molecule has 0 heteroatoms. The average molecular weight is 246 g/mol. The Kier molecular flexibility index (Phi) is 2.87. The van der Waals surface area contributed by atoms with Crippen molar-refractivity contribution in [2.24, 2.45) is 0 Å². The maximum Gasteiger partial charge on any atom is -0.00241 e. The van der Waals surface area contributed by atoms with Gasteiger partial charge in [0.1, 0.15) is 0 Å². The first-order valence-electron chi connectivity index (χ1n) is 6.98. The molecule has 0 fully saturated rings. The highest BCUT2D eigenvalue weighted by Crippen LogP contribution is 2.35. The Balaban J connectivity index is 0.000000528. The van der Waals surface area contributed by atoms with Crippen molar-refractivity contribution in [1.29, 1.82) is 0 Å². The van der Waals surface area contributed by atoms with Crippen LogP contribution in [0, 0.1) is 6.92 Å². The average Bonchev–Trinajstić information content (AvgIpc) is 2.49. The molecule has 0 atom stereocenters. The van der Waals surface area contributed by atoms with E-state index in [-0.39, 0.29) is 0 Å². The van der Waals surface area contributed by atoms with Crippen molar-refractivity contribution >= 4 is 32.3 Å². The van der Waals surface area contributed by atoms with Crippen LogP contribution in [0.15, 0.2) is 54.6 Å². The second-order valence-corrected chi connectivity index (χ2v) is 4.74. The van der Waals surface area contributed by atoms with E-state index < -0.39 is 0 Å². The van der Waals surface area contributed by atoms with Gasteiger partial charge in [0.05, 0.1) is 0 Å². The summed E-state index contributed by atoms with van der Waals surface area (Å²) < 4.78 is 0. The molecule has 19 heavy (non-hydrogen) atoms. The third kappa shape index (κ3) is 1.67. The Hall–Kier alpha value is -2.08. The fourth-order valence-electron chi connectivity index (χ4n) is 2.88. The molecule has 0 aromatic heterocycles. The summed E-state index contributed by atoms with van der Waals surface area (Å²) in [5.74, 6) is 0. The van der Waals surface area contributed by atoms with Crippen LogP contribution in [0.5, 0.6) is 0 Å². The lowest BCUT2D eigenvalue weighted by atomic mass is 9.92. The van der Waals surface area contributed by atoms with Gasteiger partial charge in [0.2, 0.25) is 0 Å². The van der Waals surface area contributed by atoms with Crippen molar-refractivity contribution in [3.8, 4) is 0 Å². The summed E-state index contributed by atoms with van der Waals surface area (Å²) in [5.41, 5.74) is 1.36. The van der Waals surface area contributed by atoms with Crippen molar-refractivity contribution in [1.82, 2.24) is 0 Å². The van der Waals surface area contributed by atoms with Crippen LogP contribution in [0.2, 0.25) is 0 Å². The van der Waals surface area contributed by atoms with E-state index in [0.29, 0.717) is 0 Å². The van der Waals surface area contributed by atoms with Gasteiger partial charge < -0.3 is 0 Å². The summed E-state index contributed by atoms with van der Waals surface area (Å²) in [5, 5.41) is 8.23. The van der Waals surface area contributed by atoms with Crippen LogP contribution in [-0.4, -0.2) is 0 Å². The molecule has 0 saturated carbocycles. The summed E-state index contributed by atoms with van der Waals surface area (Å²) in [7, 11) is 0. The van der Waals surface area contributed by atoms with Gasteiger partial charge in [-0.05, 0) is 44.8 Å². The molecule has 4 aromatic carbocycles. The third-order valence-corrected chi connectivity index (χ3v) is 3.75. The molecule has 0 aliphatic rings. The van der Waals surface area contributed by atoms with E-state index in [1.165, 1.54) is 37.9 Å². The molecule has 0 N–H and O–H groups in total. The Morgan fingerprint density at radius 3 is 1.79 bits per heavy atom. The minimum atomic E-state index is 1.34. The molecular weight excluding hydrogens is 228 g/mol. The Morgan fingerprint density at radius 1 is 0.579 bits per heavy atom. The first-order chi connectivity index (χ1) is 9.34. The molecule has 4 aromatic rings. The molecular formula is C19H18. The van der Waals surface area contributed by atoms with Crippen molar-refractivity contribution in [3.05, 3.63) is 60.2 Å². The van der Waals surface area contributed by atoms with Gasteiger partial charge in [0, 0.05) is 0 Å². The van der Waals surface area contributed by atoms with Gasteiger partial charge in [0.15, 0.2) is 0 Å². The molecule has 94 valence electrons. The predicted octanol–water partition coefficient (Wildman–Crippen LogP) is 5.92. The van der Waals surface area contributed by atoms with Crippen LogP contribution in [0.25, 0.3) is 32.3 Å². The number of aryl methyl sites for hydroxylation is 1. The van der Waals surface area contributed by atoms with Crippen molar-refractivity contribution in [2.75, 3.05) is 0 Å². The van der Waals surface area contributed by atoms with Crippen LogP contribution in [-0.2, 0) is 0 Å². The summed E-state index contributed by atoms with van der Waals surface area (Å²) in [6.07, 6.45) is 0. The molecule has 4 rings (SSSR count). The SMILES string of the molecule is CC.Cc1ccc2ccc3cccc4ccc1c2c34. The van der Waals surface area contributed by atoms with E-state index in [0.717, 1.165) is 0 Å². The predicted molar refractivity (Wildman–Crippen MR) is 86.2 cm³/mol. The Morgan fingerprint density at radius 2 is 1.11 bits per heavy atom. The van der Waals surface area contributed by atoms with E-state index >= 15 is 0 Å². The minimum Gasteiger partial charge on any atom is -0.0683 e. The highest BCUT2D eigenvalue weighted by molar-refractivity contribution is 6.23. The molecule has 0 aliphatic carbocycles. The zero-order valence-electron chi connectivity index (χ0n) is 11.7. The topological polar surface area (TPSA) is 0 Å². The second kappa shape index (κ2) is 4.55. The van der Waals surface area contributed by atoms with Crippen molar-refractivity contribution < 1.29 is 0 Å². The lowest BCUT2D eigenvalue weighted by Crippen LogP contribution is -1.85. The molecule has 0 unspecified atom stereocenters. The van der Waals surface area contributed by atoms with E-state index in [1.54, 1.807) is 0 Å². The van der Waals surface area contributed by atoms with E-state index in [9.17, 15) is 0 Å². The van der Waals surface area contributed by atoms with E-state index in [1.807, 2.05) is 13.8 Å². The molecule has 0 saturated heterocycles. The number of hydrogen-bond donors (Lipinski definition) is 0. The summed E-state index contributed by atoms with van der Waals surface area (Å²) in [6, 6.07) is 19.9. The summed E-state index contributed by atoms with van der Waals surface area (Å²) in [6.45, 7) is 6.19. The maximum atomic E-state index is 2.25. The van der Waals surface area contributed by atoms with Gasteiger partial charge in [-0.25, -0.2) is 0 Å². The summed E-state index contributed by atoms with van der Waals surface area (Å²) in [4.78, 5) is 0. The van der Waals surface area contributed by atoms with Crippen LogP contribution in [0.3, 0.4) is 0 Å². The van der Waals surface area contributed by atoms with Gasteiger partial charge in [-0.1, -0.05) is 68.4 Å². The van der Waals surface area contributed by atoms with Gasteiger partial charge in [-0.2, -0.15) is 0 Å². The zero-order valence-corrected chi connectivity index (χ0v) is 11.7. The van der Waals surface area contributed by atoms with Crippen LogP contribution in [0.4, 0.5) is 0 Å². The molecule has 0 nitrogen and oxygen atoms in total. The Bertz CT molecular complexity index is 824. The number of benzene rings is 4. The Labute approximate surface area is 114 Å². The first kappa shape index (κ1) is 12.0. The third-order valence-electron chi connectivity index (χ3n) is 3.75. The molecule has 0 amide bonds. The van der Waals surface area contributed by atoms with Crippen molar-refractivity contribution in [3.63, 3.8) is 0 Å². The molecule has 0 heterocycles. The van der Waals surface area contributed by atoms with E-state index in [4.69, 9.17) is 0 Å². The molecule has 0 spiro atoms. The molecule has 0 aliphatic heterocycles. The largest absolute Gasteiger partial charge is 0.0683 e. The quantitative estimate of drug-likeness (QED) is 0.338. The number of hydrogen-bond acceptors (Lipinski definition) is 0. The fourth-order valence-corrected chi connectivity index (χ4v) is 2.88. The standard InChI is InChI=1S/C17H12.C2H6/c1-11-5-6-14-8-7-12-3-2-4-13-9-10-15(11)17(14)16(12)13;1-2/h2-10H,1H3;1-2H3. The van der Waals surface area contributed by atoms with Crippen LogP contribution in [0.1, 0.15) is 19.4 Å². The highest BCUT2D eigenvalue weighted by atomic mass is 14.1. The van der Waals surface area contributed by atoms with Crippen LogP contribution >= 0.6 is 0 Å².